The molecule has 1 spiro atoms. The first kappa shape index (κ1) is 20.0. The predicted octanol–water partition coefficient (Wildman–Crippen LogP) is 5.49. The van der Waals surface area contributed by atoms with Crippen LogP contribution in [-0.4, -0.2) is 45.4 Å². The highest BCUT2D eigenvalue weighted by atomic mass is 16.4. The monoisotopic (exact) mass is 432 g/mol. The second kappa shape index (κ2) is 6.44. The number of aliphatic carboxylic acids is 1. The Morgan fingerprint density at radius 3 is 1.91 bits per heavy atom. The molecule has 0 aromatic heterocycles. The van der Waals surface area contributed by atoms with E-state index < -0.39 is 17.5 Å². The molecule has 3 fully saturated rings. The van der Waals surface area contributed by atoms with E-state index in [-0.39, 0.29) is 27.9 Å². The summed E-state index contributed by atoms with van der Waals surface area (Å²) in [5.74, 6) is -0.626. The number of hydrogen-bond donors (Lipinski definition) is 2. The van der Waals surface area contributed by atoms with Gasteiger partial charge in [-0.25, -0.2) is 4.48 Å². The molecule has 2 aromatic rings. The Bertz CT molecular complexity index is 1080. The van der Waals surface area contributed by atoms with Gasteiger partial charge in [0.1, 0.15) is 18.6 Å². The molecule has 32 heavy (non-hydrogen) atoms. The van der Waals surface area contributed by atoms with Crippen LogP contribution in [0.15, 0.2) is 48.5 Å². The molecule has 5 heteroatoms. The quantitative estimate of drug-likeness (QED) is 0.627. The average molecular weight is 433 g/mol. The lowest BCUT2D eigenvalue weighted by atomic mass is 9.77. The molecule has 5 nitrogen and oxygen atoms in total. The minimum atomic E-state index is -0.729. The van der Waals surface area contributed by atoms with Gasteiger partial charge >= 0.3 is 12.1 Å². The number of fused-ring (bicyclic) bond motifs is 5. The second-order valence-electron chi connectivity index (χ2n) is 10.6. The van der Waals surface area contributed by atoms with Crippen molar-refractivity contribution in [2.45, 2.75) is 63.5 Å². The number of rotatable bonds is 4. The van der Waals surface area contributed by atoms with Crippen molar-refractivity contribution in [1.29, 1.82) is 0 Å². The number of piperidine rings is 1. The van der Waals surface area contributed by atoms with Crippen LogP contribution in [0.3, 0.4) is 0 Å². The Morgan fingerprint density at radius 2 is 1.47 bits per heavy atom. The molecule has 3 atom stereocenters. The molecule has 6 rings (SSSR count). The average Bonchev–Trinajstić information content (AvgIpc) is 3.25. The Balaban J connectivity index is 1.40. The van der Waals surface area contributed by atoms with Crippen LogP contribution in [0.25, 0.3) is 11.1 Å². The smallest absolute Gasteiger partial charge is 0.481 e. The summed E-state index contributed by atoms with van der Waals surface area (Å²) < 4.78 is 0.106. The fourth-order valence-electron chi connectivity index (χ4n) is 8.13. The fourth-order valence-corrected chi connectivity index (χ4v) is 8.13. The Morgan fingerprint density at radius 1 is 0.938 bits per heavy atom. The van der Waals surface area contributed by atoms with Crippen molar-refractivity contribution in [2.24, 2.45) is 10.8 Å². The van der Waals surface area contributed by atoms with E-state index >= 15 is 0 Å². The summed E-state index contributed by atoms with van der Waals surface area (Å²) >= 11 is 0. The highest BCUT2D eigenvalue weighted by molar-refractivity contribution is 5.80. The van der Waals surface area contributed by atoms with Crippen LogP contribution in [0.4, 0.5) is 4.79 Å². The van der Waals surface area contributed by atoms with Crippen molar-refractivity contribution < 1.29 is 24.3 Å². The Kier molecular flexibility index (Phi) is 4.02. The normalized spacial score (nSPS) is 36.7. The minimum Gasteiger partial charge on any atom is -0.481 e. The van der Waals surface area contributed by atoms with Crippen molar-refractivity contribution in [3.8, 4) is 11.1 Å². The van der Waals surface area contributed by atoms with Gasteiger partial charge in [0.2, 0.25) is 0 Å². The zero-order valence-electron chi connectivity index (χ0n) is 18.5. The van der Waals surface area contributed by atoms with Gasteiger partial charge in [-0.15, -0.1) is 0 Å². The lowest BCUT2D eigenvalue weighted by Gasteiger charge is -2.47. The van der Waals surface area contributed by atoms with E-state index in [1.54, 1.807) is 0 Å². The maximum atomic E-state index is 13.0. The summed E-state index contributed by atoms with van der Waals surface area (Å²) in [6, 6.07) is 16.8. The minimum absolute atomic E-state index is 0.000973. The molecule has 2 aliphatic carbocycles. The number of nitrogens with zero attached hydrogens (tertiary/aromatic N) is 1. The van der Waals surface area contributed by atoms with Crippen molar-refractivity contribution in [3.05, 3.63) is 59.7 Å². The van der Waals surface area contributed by atoms with Crippen LogP contribution in [0.1, 0.15) is 62.5 Å². The van der Waals surface area contributed by atoms with Crippen LogP contribution in [0.5, 0.6) is 0 Å². The van der Waals surface area contributed by atoms with Crippen LogP contribution in [0, 0.1) is 10.8 Å². The van der Waals surface area contributed by atoms with Gasteiger partial charge in [0.15, 0.2) is 0 Å². The summed E-state index contributed by atoms with van der Waals surface area (Å²) in [5.41, 5.74) is 4.04. The van der Waals surface area contributed by atoms with Gasteiger partial charge in [-0.1, -0.05) is 55.5 Å². The number of carboxylic acid groups (broad SMARTS) is 2. The molecule has 2 N–H and O–H groups in total. The standard InChI is InChI=1S/C27H29NO4/c1-2-27(24(29)30)16-26(27)13-17-11-12-18(14-26)28(17,25(31)32)15-23-21-9-5-3-7-19(21)20-8-4-6-10-22(20)23/h3-10,17-18,23H,2,11-16H2,1H3,(H-,29,30,31,32)/p+1. The molecule has 2 saturated heterocycles. The summed E-state index contributed by atoms with van der Waals surface area (Å²) in [6.45, 7) is 2.53. The molecule has 2 aliphatic heterocycles. The molecule has 3 unspecified atom stereocenters. The van der Waals surface area contributed by atoms with E-state index in [1.165, 1.54) is 22.3 Å². The number of benzene rings is 2. The van der Waals surface area contributed by atoms with E-state index in [4.69, 9.17) is 0 Å². The summed E-state index contributed by atoms with van der Waals surface area (Å²) in [5, 5.41) is 20.6. The summed E-state index contributed by atoms with van der Waals surface area (Å²) in [6.07, 6.45) is 3.85. The van der Waals surface area contributed by atoms with E-state index in [1.807, 2.05) is 6.92 Å². The summed E-state index contributed by atoms with van der Waals surface area (Å²) in [4.78, 5) is 25.1. The summed E-state index contributed by atoms with van der Waals surface area (Å²) in [7, 11) is 0. The molecule has 2 bridgehead atoms. The largest absolute Gasteiger partial charge is 0.514 e. The maximum Gasteiger partial charge on any atom is 0.514 e. The third kappa shape index (κ3) is 2.27. The van der Waals surface area contributed by atoms with Crippen LogP contribution in [-0.2, 0) is 4.79 Å². The van der Waals surface area contributed by atoms with Gasteiger partial charge in [-0.3, -0.25) is 4.79 Å². The lowest BCUT2D eigenvalue weighted by molar-refractivity contribution is -0.901. The van der Waals surface area contributed by atoms with E-state index in [2.05, 4.69) is 48.5 Å². The SMILES string of the molecule is CCC1(C(=O)O)CC12CC1CCC(C2)[N+]1(CC1c2ccccc2-c2ccccc21)C(=O)O. The van der Waals surface area contributed by atoms with E-state index in [0.717, 1.165) is 25.7 Å². The molecule has 0 radical (unpaired) electrons. The number of carbonyl (C=O) groups is 2. The first-order chi connectivity index (χ1) is 15.4. The number of amides is 1. The zero-order chi connectivity index (χ0) is 22.3. The molecular formula is C27H30NO4+. The first-order valence-corrected chi connectivity index (χ1v) is 11.9. The first-order valence-electron chi connectivity index (χ1n) is 11.9. The fraction of sp³-hybridized carbons (Fsp3) is 0.481. The molecular weight excluding hydrogens is 402 g/mol. The highest BCUT2D eigenvalue weighted by Crippen LogP contribution is 2.74. The van der Waals surface area contributed by atoms with Crippen molar-refractivity contribution >= 4 is 12.1 Å². The van der Waals surface area contributed by atoms with Crippen LogP contribution >= 0.6 is 0 Å². The van der Waals surface area contributed by atoms with Crippen molar-refractivity contribution in [1.82, 2.24) is 0 Å². The van der Waals surface area contributed by atoms with E-state index in [0.29, 0.717) is 19.4 Å². The third-order valence-electron chi connectivity index (χ3n) is 9.74. The Hall–Kier alpha value is -2.66. The molecule has 2 aromatic carbocycles. The zero-order valence-corrected chi connectivity index (χ0v) is 18.5. The van der Waals surface area contributed by atoms with Crippen molar-refractivity contribution in [2.75, 3.05) is 6.54 Å². The van der Waals surface area contributed by atoms with Gasteiger partial charge in [-0.2, -0.15) is 4.79 Å². The molecule has 2 heterocycles. The van der Waals surface area contributed by atoms with Gasteiger partial charge in [0.25, 0.3) is 0 Å². The number of quaternary nitrogens is 1. The van der Waals surface area contributed by atoms with E-state index in [9.17, 15) is 19.8 Å². The molecule has 166 valence electrons. The second-order valence-corrected chi connectivity index (χ2v) is 10.6. The Labute approximate surface area is 188 Å². The highest BCUT2D eigenvalue weighted by Gasteiger charge is 2.77. The number of hydrogen-bond acceptors (Lipinski definition) is 2. The predicted molar refractivity (Wildman–Crippen MR) is 120 cm³/mol. The van der Waals surface area contributed by atoms with Gasteiger partial charge in [-0.05, 0) is 40.5 Å². The van der Waals surface area contributed by atoms with Gasteiger partial charge < -0.3 is 10.2 Å². The van der Waals surface area contributed by atoms with Gasteiger partial charge in [0.05, 0.1) is 11.3 Å². The third-order valence-corrected chi connectivity index (χ3v) is 9.74. The number of carboxylic acids is 1. The van der Waals surface area contributed by atoms with Crippen LogP contribution < -0.4 is 0 Å². The molecule has 4 aliphatic rings. The van der Waals surface area contributed by atoms with Crippen molar-refractivity contribution in [3.63, 3.8) is 0 Å². The molecule has 1 saturated carbocycles. The van der Waals surface area contributed by atoms with Crippen LogP contribution in [0.2, 0.25) is 0 Å². The molecule has 1 amide bonds. The lowest BCUT2D eigenvalue weighted by Crippen LogP contribution is -2.65. The van der Waals surface area contributed by atoms with Gasteiger partial charge in [0, 0.05) is 25.7 Å². The maximum absolute atomic E-state index is 13.0. The topological polar surface area (TPSA) is 74.6 Å².